The second-order valence-corrected chi connectivity index (χ2v) is 6.32. The molecule has 1 N–H and O–H groups in total. The van der Waals surface area contributed by atoms with E-state index in [1.54, 1.807) is 37.3 Å². The summed E-state index contributed by atoms with van der Waals surface area (Å²) in [7, 11) is 0. The maximum Gasteiger partial charge on any atom is 0.218 e. The maximum atomic E-state index is 12.1. The number of aliphatic hydroxyl groups is 1. The standard InChI is InChI=1S/C13H9NO2.C9H6O2.C2H6O/c1-8-6-7-11-12(14-8)13(15)9-4-2-3-5-10(9)16-11;10-8-5-6-11-9-4-2-1-3-7(8)9;1-2-3/h2-7H,1H3;1-6H;3H,2H2,1H3. The first-order valence-electron chi connectivity index (χ1n) is 9.41. The van der Waals surface area contributed by atoms with Gasteiger partial charge in [0.25, 0.3) is 0 Å². The first kappa shape index (κ1) is 21.0. The van der Waals surface area contributed by atoms with Crippen LogP contribution in [0.4, 0.5) is 0 Å². The molecule has 2 aromatic carbocycles. The van der Waals surface area contributed by atoms with Crippen LogP contribution < -0.4 is 10.9 Å². The van der Waals surface area contributed by atoms with Crippen molar-refractivity contribution in [2.75, 3.05) is 6.61 Å². The van der Waals surface area contributed by atoms with Crippen molar-refractivity contribution in [2.45, 2.75) is 13.8 Å². The normalized spacial score (nSPS) is 10.2. The molecule has 152 valence electrons. The van der Waals surface area contributed by atoms with Crippen LogP contribution in [-0.2, 0) is 0 Å². The van der Waals surface area contributed by atoms with Gasteiger partial charge in [-0.05, 0) is 50.2 Å². The van der Waals surface area contributed by atoms with Crippen LogP contribution in [0.25, 0.3) is 33.0 Å². The number of pyridine rings is 1. The summed E-state index contributed by atoms with van der Waals surface area (Å²) < 4.78 is 10.7. The summed E-state index contributed by atoms with van der Waals surface area (Å²) in [5, 5.41) is 8.78. The number of fused-ring (bicyclic) bond motifs is 3. The number of hydrogen-bond donors (Lipinski definition) is 1. The topological polar surface area (TPSA) is 93.5 Å². The van der Waals surface area contributed by atoms with E-state index in [4.69, 9.17) is 13.9 Å². The van der Waals surface area contributed by atoms with Gasteiger partial charge in [0.15, 0.2) is 16.5 Å². The van der Waals surface area contributed by atoms with Crippen LogP contribution in [0.1, 0.15) is 12.6 Å². The average molecular weight is 403 g/mol. The van der Waals surface area contributed by atoms with Crippen molar-refractivity contribution in [3.63, 3.8) is 0 Å². The molecule has 6 nitrogen and oxygen atoms in total. The van der Waals surface area contributed by atoms with Crippen LogP contribution in [0.15, 0.2) is 91.4 Å². The zero-order chi connectivity index (χ0) is 21.5. The lowest BCUT2D eigenvalue weighted by atomic mass is 10.2. The van der Waals surface area contributed by atoms with Crippen molar-refractivity contribution in [3.05, 3.63) is 99.1 Å². The van der Waals surface area contributed by atoms with Crippen molar-refractivity contribution in [1.29, 1.82) is 0 Å². The summed E-state index contributed by atoms with van der Waals surface area (Å²) >= 11 is 0. The molecule has 3 aromatic heterocycles. The summed E-state index contributed by atoms with van der Waals surface area (Å²) in [6, 6.07) is 19.4. The first-order chi connectivity index (χ1) is 14.5. The van der Waals surface area contributed by atoms with Gasteiger partial charge in [0.1, 0.15) is 11.2 Å². The van der Waals surface area contributed by atoms with E-state index in [0.717, 1.165) is 5.69 Å². The van der Waals surface area contributed by atoms with Crippen LogP contribution in [0.2, 0.25) is 0 Å². The Bertz CT molecular complexity index is 1400. The monoisotopic (exact) mass is 403 g/mol. The third-order valence-electron chi connectivity index (χ3n) is 4.13. The highest BCUT2D eigenvalue weighted by Crippen LogP contribution is 2.16. The average Bonchev–Trinajstić information content (AvgIpc) is 2.76. The van der Waals surface area contributed by atoms with E-state index < -0.39 is 0 Å². The Morgan fingerprint density at radius 1 is 0.833 bits per heavy atom. The highest BCUT2D eigenvalue weighted by atomic mass is 16.3. The van der Waals surface area contributed by atoms with Crippen molar-refractivity contribution in [2.24, 2.45) is 0 Å². The maximum absolute atomic E-state index is 12.1. The van der Waals surface area contributed by atoms with Gasteiger partial charge in [-0.1, -0.05) is 24.3 Å². The smallest absolute Gasteiger partial charge is 0.218 e. The first-order valence-corrected chi connectivity index (χ1v) is 9.41. The Hall–Kier alpha value is -3.77. The number of aliphatic hydroxyl groups excluding tert-OH is 1. The lowest BCUT2D eigenvalue weighted by molar-refractivity contribution is 0.318. The molecule has 0 aliphatic heterocycles. The summed E-state index contributed by atoms with van der Waals surface area (Å²) in [5.41, 5.74) is 2.93. The van der Waals surface area contributed by atoms with Crippen molar-refractivity contribution >= 4 is 33.0 Å². The van der Waals surface area contributed by atoms with Crippen molar-refractivity contribution < 1.29 is 13.9 Å². The number of para-hydroxylation sites is 2. The van der Waals surface area contributed by atoms with Gasteiger partial charge in [-0.2, -0.15) is 0 Å². The van der Waals surface area contributed by atoms with Crippen LogP contribution in [0.5, 0.6) is 0 Å². The minimum atomic E-state index is -0.0689. The van der Waals surface area contributed by atoms with Gasteiger partial charge in [-0.3, -0.25) is 9.59 Å². The van der Waals surface area contributed by atoms with E-state index in [0.29, 0.717) is 33.0 Å². The number of aromatic nitrogens is 1. The Labute approximate surface area is 172 Å². The predicted octanol–water partition coefficient (Wildman–Crippen LogP) is 4.44. The fourth-order valence-electron chi connectivity index (χ4n) is 2.81. The van der Waals surface area contributed by atoms with Gasteiger partial charge >= 0.3 is 0 Å². The predicted molar refractivity (Wildman–Crippen MR) is 118 cm³/mol. The van der Waals surface area contributed by atoms with Gasteiger partial charge in [-0.25, -0.2) is 4.98 Å². The highest BCUT2D eigenvalue weighted by molar-refractivity contribution is 5.87. The lowest BCUT2D eigenvalue weighted by Crippen LogP contribution is -2.04. The second-order valence-electron chi connectivity index (χ2n) is 6.32. The SMILES string of the molecule is CCO.Cc1ccc2oc3ccccc3c(=O)c2n1.O=c1ccoc2ccccc12. The molecule has 0 fully saturated rings. The van der Waals surface area contributed by atoms with E-state index in [-0.39, 0.29) is 17.5 Å². The molecule has 0 atom stereocenters. The molecular formula is C24H21NO5. The van der Waals surface area contributed by atoms with Crippen LogP contribution in [0, 0.1) is 6.92 Å². The molecule has 0 spiro atoms. The van der Waals surface area contributed by atoms with Gasteiger partial charge in [0.2, 0.25) is 5.43 Å². The number of rotatable bonds is 0. The largest absolute Gasteiger partial charge is 0.464 e. The number of nitrogens with zero attached hydrogens (tertiary/aromatic N) is 1. The van der Waals surface area contributed by atoms with Crippen LogP contribution in [0.3, 0.4) is 0 Å². The molecule has 0 amide bonds. The zero-order valence-electron chi connectivity index (χ0n) is 16.7. The molecule has 6 heteroatoms. The quantitative estimate of drug-likeness (QED) is 0.384. The molecular weight excluding hydrogens is 382 g/mol. The van der Waals surface area contributed by atoms with E-state index in [2.05, 4.69) is 4.98 Å². The number of hydrogen-bond acceptors (Lipinski definition) is 6. The highest BCUT2D eigenvalue weighted by Gasteiger charge is 2.07. The summed E-state index contributed by atoms with van der Waals surface area (Å²) in [4.78, 5) is 27.5. The molecule has 5 rings (SSSR count). The Kier molecular flexibility index (Phi) is 6.72. The fraction of sp³-hybridized carbons (Fsp3) is 0.125. The molecule has 0 bridgehead atoms. The number of benzene rings is 2. The lowest BCUT2D eigenvalue weighted by Gasteiger charge is -2.00. The molecule has 3 heterocycles. The zero-order valence-corrected chi connectivity index (χ0v) is 16.7. The number of aryl methyl sites for hydroxylation is 1. The molecule has 30 heavy (non-hydrogen) atoms. The van der Waals surface area contributed by atoms with Gasteiger partial charge in [0.05, 0.1) is 17.0 Å². The Balaban J connectivity index is 0.000000159. The van der Waals surface area contributed by atoms with E-state index in [1.807, 2.05) is 37.3 Å². The molecule has 5 aromatic rings. The van der Waals surface area contributed by atoms with Gasteiger partial charge < -0.3 is 13.9 Å². The van der Waals surface area contributed by atoms with Crippen LogP contribution in [-0.4, -0.2) is 16.7 Å². The molecule has 0 saturated heterocycles. The third kappa shape index (κ3) is 4.61. The summed E-state index contributed by atoms with van der Waals surface area (Å²) in [6.07, 6.45) is 1.41. The third-order valence-corrected chi connectivity index (χ3v) is 4.13. The van der Waals surface area contributed by atoms with Crippen molar-refractivity contribution in [1.82, 2.24) is 4.98 Å². The molecule has 0 unspecified atom stereocenters. The Morgan fingerprint density at radius 3 is 2.17 bits per heavy atom. The molecule has 0 radical (unpaired) electrons. The molecule has 0 aliphatic rings. The molecule has 0 saturated carbocycles. The fourth-order valence-corrected chi connectivity index (χ4v) is 2.81. The van der Waals surface area contributed by atoms with E-state index >= 15 is 0 Å². The van der Waals surface area contributed by atoms with E-state index in [9.17, 15) is 9.59 Å². The van der Waals surface area contributed by atoms with Gasteiger partial charge in [-0.15, -0.1) is 0 Å². The minimum Gasteiger partial charge on any atom is -0.464 e. The van der Waals surface area contributed by atoms with E-state index in [1.165, 1.54) is 12.3 Å². The second kappa shape index (κ2) is 9.62. The van der Waals surface area contributed by atoms with Crippen LogP contribution >= 0.6 is 0 Å². The van der Waals surface area contributed by atoms with Gasteiger partial charge in [0, 0.05) is 18.4 Å². The minimum absolute atomic E-state index is 0.00634. The summed E-state index contributed by atoms with van der Waals surface area (Å²) in [6.45, 7) is 3.79. The molecule has 0 aliphatic carbocycles. The Morgan fingerprint density at radius 2 is 1.47 bits per heavy atom. The van der Waals surface area contributed by atoms with Crippen molar-refractivity contribution in [3.8, 4) is 0 Å². The summed E-state index contributed by atoms with van der Waals surface area (Å²) in [5.74, 6) is 0.